The van der Waals surface area contributed by atoms with Gasteiger partial charge < -0.3 is 20.1 Å². The Balaban J connectivity index is 1.36. The highest BCUT2D eigenvalue weighted by Crippen LogP contribution is 2.30. The Morgan fingerprint density at radius 1 is 1.35 bits per heavy atom. The van der Waals surface area contributed by atoms with Gasteiger partial charge in [0.15, 0.2) is 15.8 Å². The van der Waals surface area contributed by atoms with Crippen LogP contribution in [0.5, 0.6) is 11.5 Å². The first-order chi connectivity index (χ1) is 12.7. The third kappa shape index (κ3) is 5.50. The maximum atomic E-state index is 12.0. The molecule has 0 radical (unpaired) electrons. The van der Waals surface area contributed by atoms with Gasteiger partial charge in [0, 0.05) is 6.54 Å². The molecule has 2 aromatic rings. The largest absolute Gasteiger partial charge is 0.486 e. The number of nitrogens with zero attached hydrogens (tertiary/aromatic N) is 2. The molecule has 26 heavy (non-hydrogen) atoms. The molecule has 1 aliphatic heterocycles. The van der Waals surface area contributed by atoms with Gasteiger partial charge >= 0.3 is 0 Å². The molecule has 1 aromatic carbocycles. The van der Waals surface area contributed by atoms with Crippen molar-refractivity contribution in [1.29, 1.82) is 0 Å². The number of thioether (sulfide) groups is 1. The highest BCUT2D eigenvalue weighted by atomic mass is 32.2. The van der Waals surface area contributed by atoms with Gasteiger partial charge in [0.25, 0.3) is 0 Å². The van der Waals surface area contributed by atoms with Crippen LogP contribution in [0.15, 0.2) is 28.6 Å². The molecule has 1 atom stereocenters. The molecular formula is C17H22N4O3S2. The molecule has 3 rings (SSSR count). The van der Waals surface area contributed by atoms with E-state index in [9.17, 15) is 4.79 Å². The molecule has 0 aliphatic carbocycles. The summed E-state index contributed by atoms with van der Waals surface area (Å²) < 4.78 is 12.2. The standard InChI is InChI=1S/C17H22N4O3S2/c1-2-3-8-18-16-20-21-17(26-16)25-11-15(22)19-9-12-10-23-13-6-4-5-7-14(13)24-12/h4-7,12H,2-3,8-11H2,1H3,(H,18,20)(H,19,22). The number of hydrogen-bond acceptors (Lipinski definition) is 8. The molecule has 9 heteroatoms. The lowest BCUT2D eigenvalue weighted by atomic mass is 10.2. The highest BCUT2D eigenvalue weighted by molar-refractivity contribution is 8.01. The van der Waals surface area contributed by atoms with Gasteiger partial charge in [0.05, 0.1) is 12.3 Å². The van der Waals surface area contributed by atoms with Crippen LogP contribution < -0.4 is 20.1 Å². The van der Waals surface area contributed by atoms with E-state index in [4.69, 9.17) is 9.47 Å². The summed E-state index contributed by atoms with van der Waals surface area (Å²) in [5, 5.41) is 15.1. The van der Waals surface area contributed by atoms with Crippen molar-refractivity contribution in [3.8, 4) is 11.5 Å². The zero-order valence-electron chi connectivity index (χ0n) is 14.6. The van der Waals surface area contributed by atoms with E-state index in [1.807, 2.05) is 24.3 Å². The van der Waals surface area contributed by atoms with E-state index in [-0.39, 0.29) is 12.0 Å². The number of fused-ring (bicyclic) bond motifs is 1. The number of nitrogens with one attached hydrogen (secondary N) is 2. The Morgan fingerprint density at radius 2 is 2.19 bits per heavy atom. The Kier molecular flexibility index (Phi) is 6.96. The molecule has 0 fully saturated rings. The van der Waals surface area contributed by atoms with Crippen molar-refractivity contribution >= 4 is 34.1 Å². The molecule has 2 N–H and O–H groups in total. The molecule has 0 saturated heterocycles. The maximum Gasteiger partial charge on any atom is 0.230 e. The van der Waals surface area contributed by atoms with Crippen LogP contribution in [0, 0.1) is 0 Å². The Hall–Kier alpha value is -2.00. The first-order valence-corrected chi connectivity index (χ1v) is 10.4. The molecule has 1 unspecified atom stereocenters. The van der Waals surface area contributed by atoms with Crippen LogP contribution in [0.1, 0.15) is 19.8 Å². The predicted octanol–water partition coefficient (Wildman–Crippen LogP) is 2.80. The minimum absolute atomic E-state index is 0.0619. The van der Waals surface area contributed by atoms with Crippen LogP contribution >= 0.6 is 23.1 Å². The summed E-state index contributed by atoms with van der Waals surface area (Å²) in [7, 11) is 0. The summed E-state index contributed by atoms with van der Waals surface area (Å²) in [6.45, 7) is 3.87. The zero-order chi connectivity index (χ0) is 18.2. The highest BCUT2D eigenvalue weighted by Gasteiger charge is 2.21. The second kappa shape index (κ2) is 9.63. The molecular weight excluding hydrogens is 372 g/mol. The number of benzene rings is 1. The van der Waals surface area contributed by atoms with Crippen molar-refractivity contribution in [1.82, 2.24) is 15.5 Å². The monoisotopic (exact) mass is 394 g/mol. The van der Waals surface area contributed by atoms with Crippen LogP contribution in [0.4, 0.5) is 5.13 Å². The maximum absolute atomic E-state index is 12.0. The predicted molar refractivity (Wildman–Crippen MR) is 103 cm³/mol. The van der Waals surface area contributed by atoms with E-state index in [2.05, 4.69) is 27.8 Å². The number of carbonyl (C=O) groups excluding carboxylic acids is 1. The number of rotatable bonds is 9. The Labute approximate surface area is 160 Å². The average molecular weight is 395 g/mol. The van der Waals surface area contributed by atoms with Crippen molar-refractivity contribution in [3.05, 3.63) is 24.3 Å². The minimum atomic E-state index is -0.185. The lowest BCUT2D eigenvalue weighted by Crippen LogP contribution is -2.41. The number of aromatic nitrogens is 2. The fourth-order valence-corrected chi connectivity index (χ4v) is 3.89. The zero-order valence-corrected chi connectivity index (χ0v) is 16.2. The number of amides is 1. The summed E-state index contributed by atoms with van der Waals surface area (Å²) in [6.07, 6.45) is 2.05. The topological polar surface area (TPSA) is 85.4 Å². The van der Waals surface area contributed by atoms with Crippen LogP contribution in [0.2, 0.25) is 0 Å². The van der Waals surface area contributed by atoms with Crippen LogP contribution in [-0.2, 0) is 4.79 Å². The number of carbonyl (C=O) groups is 1. The minimum Gasteiger partial charge on any atom is -0.486 e. The normalized spacial score (nSPS) is 15.5. The lowest BCUT2D eigenvalue weighted by Gasteiger charge is -2.26. The fourth-order valence-electron chi connectivity index (χ4n) is 2.28. The number of unbranched alkanes of at least 4 members (excludes halogenated alkanes) is 1. The quantitative estimate of drug-likeness (QED) is 0.500. The van der Waals surface area contributed by atoms with E-state index in [1.54, 1.807) is 0 Å². The van der Waals surface area contributed by atoms with Gasteiger partial charge in [-0.2, -0.15) is 0 Å². The molecule has 7 nitrogen and oxygen atoms in total. The van der Waals surface area contributed by atoms with Gasteiger partial charge in [-0.15, -0.1) is 10.2 Å². The van der Waals surface area contributed by atoms with Gasteiger partial charge in [-0.3, -0.25) is 4.79 Å². The van der Waals surface area contributed by atoms with E-state index in [0.29, 0.717) is 24.7 Å². The molecule has 1 amide bonds. The summed E-state index contributed by atoms with van der Waals surface area (Å²) >= 11 is 2.85. The van der Waals surface area contributed by atoms with Gasteiger partial charge in [-0.05, 0) is 18.6 Å². The van der Waals surface area contributed by atoms with Crippen molar-refractivity contribution in [2.24, 2.45) is 0 Å². The SMILES string of the molecule is CCCCNc1nnc(SCC(=O)NCC2COc3ccccc3O2)s1. The van der Waals surface area contributed by atoms with Crippen molar-refractivity contribution in [2.75, 3.05) is 30.8 Å². The first-order valence-electron chi connectivity index (χ1n) is 8.60. The van der Waals surface area contributed by atoms with Gasteiger partial charge in [-0.25, -0.2) is 0 Å². The molecule has 0 bridgehead atoms. The van der Waals surface area contributed by atoms with Crippen LogP contribution in [0.3, 0.4) is 0 Å². The molecule has 0 spiro atoms. The molecule has 140 valence electrons. The smallest absolute Gasteiger partial charge is 0.230 e. The average Bonchev–Trinajstić information content (AvgIpc) is 3.12. The van der Waals surface area contributed by atoms with Gasteiger partial charge in [0.1, 0.15) is 12.7 Å². The fraction of sp³-hybridized carbons (Fsp3) is 0.471. The van der Waals surface area contributed by atoms with Crippen molar-refractivity contribution in [3.63, 3.8) is 0 Å². The molecule has 0 saturated carbocycles. The summed E-state index contributed by atoms with van der Waals surface area (Å²) in [4.78, 5) is 12.0. The molecule has 1 aromatic heterocycles. The number of hydrogen-bond donors (Lipinski definition) is 2. The van der Waals surface area contributed by atoms with E-state index in [1.165, 1.54) is 23.1 Å². The van der Waals surface area contributed by atoms with Crippen molar-refractivity contribution < 1.29 is 14.3 Å². The summed E-state index contributed by atoms with van der Waals surface area (Å²) in [6, 6.07) is 7.53. The van der Waals surface area contributed by atoms with Crippen molar-refractivity contribution in [2.45, 2.75) is 30.2 Å². The van der Waals surface area contributed by atoms with Gasteiger partial charge in [0.2, 0.25) is 11.0 Å². The second-order valence-electron chi connectivity index (χ2n) is 5.74. The van der Waals surface area contributed by atoms with E-state index in [0.717, 1.165) is 34.6 Å². The molecule has 1 aliphatic rings. The summed E-state index contributed by atoms with van der Waals surface area (Å²) in [5.74, 6) is 1.69. The van der Waals surface area contributed by atoms with Crippen LogP contribution in [0.25, 0.3) is 0 Å². The Bertz CT molecular complexity index is 726. The third-order valence-electron chi connectivity index (χ3n) is 3.63. The number of ether oxygens (including phenoxy) is 2. The number of para-hydroxylation sites is 2. The first kappa shape index (κ1) is 18.8. The number of anilines is 1. The lowest BCUT2D eigenvalue weighted by molar-refractivity contribution is -0.119. The Morgan fingerprint density at radius 3 is 3.04 bits per heavy atom. The van der Waals surface area contributed by atoms with E-state index >= 15 is 0 Å². The second-order valence-corrected chi connectivity index (χ2v) is 7.94. The summed E-state index contributed by atoms with van der Waals surface area (Å²) in [5.41, 5.74) is 0. The van der Waals surface area contributed by atoms with E-state index < -0.39 is 0 Å². The molecule has 2 heterocycles. The third-order valence-corrected chi connectivity index (χ3v) is 5.65. The van der Waals surface area contributed by atoms with Gasteiger partial charge in [-0.1, -0.05) is 48.6 Å². The van der Waals surface area contributed by atoms with Crippen LogP contribution in [-0.4, -0.2) is 47.7 Å².